The maximum absolute atomic E-state index is 14.0. The van der Waals surface area contributed by atoms with Crippen molar-refractivity contribution in [3.8, 4) is 5.75 Å². The number of ether oxygens (including phenoxy) is 1. The molecule has 0 aliphatic heterocycles. The molecule has 0 saturated carbocycles. The molecule has 3 aromatic carbocycles. The highest BCUT2D eigenvalue weighted by atomic mass is 35.5. The summed E-state index contributed by atoms with van der Waals surface area (Å²) in [7, 11) is 0. The zero-order chi connectivity index (χ0) is 21.7. The molecule has 0 spiro atoms. The first-order chi connectivity index (χ1) is 14.4. The van der Waals surface area contributed by atoms with Gasteiger partial charge in [-0.2, -0.15) is 0 Å². The lowest BCUT2D eigenvalue weighted by molar-refractivity contribution is 0.0536. The summed E-state index contributed by atoms with van der Waals surface area (Å²) < 4.78 is 19.5. The minimum Gasteiger partial charge on any atom is -0.489 e. The zero-order valence-electron chi connectivity index (χ0n) is 17.1. The molecule has 2 unspecified atom stereocenters. The largest absolute Gasteiger partial charge is 0.489 e. The predicted octanol–water partition coefficient (Wildman–Crippen LogP) is 5.20. The van der Waals surface area contributed by atoms with E-state index in [1.807, 2.05) is 18.2 Å². The van der Waals surface area contributed by atoms with E-state index in [1.54, 1.807) is 18.2 Å². The molecule has 0 aliphatic rings. The Labute approximate surface area is 181 Å². The van der Waals surface area contributed by atoms with Crippen LogP contribution in [0.4, 0.5) is 4.39 Å². The standard InChI is InChI=1S/C25H26ClFO3/c1-16-6-7-18(10-17(16)2)11-23(19-4-3-5-21(27)12-19)20-8-9-25(24(26)13-20)30-15-22(29)14-28/h3-10,12-13,22-23,28-29H,11,14-15H2,1-2H3. The molecule has 0 heterocycles. The van der Waals surface area contributed by atoms with Crippen LogP contribution >= 0.6 is 11.6 Å². The van der Waals surface area contributed by atoms with Gasteiger partial charge in [-0.05, 0) is 72.4 Å². The summed E-state index contributed by atoms with van der Waals surface area (Å²) in [6, 6.07) is 18.5. The van der Waals surface area contributed by atoms with Gasteiger partial charge in [0.15, 0.2) is 0 Å². The number of hydrogen-bond donors (Lipinski definition) is 2. The molecular formula is C25H26ClFO3. The van der Waals surface area contributed by atoms with Gasteiger partial charge in [0.2, 0.25) is 0 Å². The molecule has 0 amide bonds. The summed E-state index contributed by atoms with van der Waals surface area (Å²) in [6.45, 7) is 3.73. The van der Waals surface area contributed by atoms with Gasteiger partial charge < -0.3 is 14.9 Å². The van der Waals surface area contributed by atoms with E-state index in [2.05, 4.69) is 32.0 Å². The van der Waals surface area contributed by atoms with Crippen molar-refractivity contribution in [1.29, 1.82) is 0 Å². The van der Waals surface area contributed by atoms with Gasteiger partial charge >= 0.3 is 0 Å². The Morgan fingerprint density at radius 3 is 2.40 bits per heavy atom. The van der Waals surface area contributed by atoms with Gasteiger partial charge in [0.1, 0.15) is 24.3 Å². The molecule has 5 heteroatoms. The van der Waals surface area contributed by atoms with Gasteiger partial charge in [0.25, 0.3) is 0 Å². The van der Waals surface area contributed by atoms with E-state index in [0.29, 0.717) is 17.2 Å². The highest BCUT2D eigenvalue weighted by molar-refractivity contribution is 6.32. The SMILES string of the molecule is Cc1ccc(CC(c2cccc(F)c2)c2ccc(OCC(O)CO)c(Cl)c2)cc1C. The molecule has 0 saturated heterocycles. The molecule has 0 radical (unpaired) electrons. The molecule has 3 rings (SSSR count). The number of benzene rings is 3. The van der Waals surface area contributed by atoms with Crippen LogP contribution in [0.15, 0.2) is 60.7 Å². The van der Waals surface area contributed by atoms with Gasteiger partial charge in [-0.3, -0.25) is 0 Å². The van der Waals surface area contributed by atoms with Gasteiger partial charge in [-0.1, -0.05) is 48.0 Å². The number of rotatable bonds is 8. The quantitative estimate of drug-likeness (QED) is 0.518. The monoisotopic (exact) mass is 428 g/mol. The molecular weight excluding hydrogens is 403 g/mol. The van der Waals surface area contributed by atoms with Crippen LogP contribution in [0.2, 0.25) is 5.02 Å². The third-order valence-corrected chi connectivity index (χ3v) is 5.56. The molecule has 0 aliphatic carbocycles. The Hall–Kier alpha value is -2.40. The van der Waals surface area contributed by atoms with Crippen LogP contribution in [0.3, 0.4) is 0 Å². The summed E-state index contributed by atoms with van der Waals surface area (Å²) in [5, 5.41) is 18.8. The maximum Gasteiger partial charge on any atom is 0.138 e. The molecule has 2 N–H and O–H groups in total. The van der Waals surface area contributed by atoms with E-state index < -0.39 is 6.10 Å². The average molecular weight is 429 g/mol. The van der Waals surface area contributed by atoms with Crippen LogP contribution < -0.4 is 4.74 Å². The van der Waals surface area contributed by atoms with Crippen molar-refractivity contribution < 1.29 is 19.3 Å². The molecule has 0 bridgehead atoms. The number of aryl methyl sites for hydroxylation is 2. The van der Waals surface area contributed by atoms with Crippen molar-refractivity contribution >= 4 is 11.6 Å². The van der Waals surface area contributed by atoms with Crippen molar-refractivity contribution in [3.63, 3.8) is 0 Å². The lowest BCUT2D eigenvalue weighted by Crippen LogP contribution is -2.21. The molecule has 30 heavy (non-hydrogen) atoms. The normalized spacial score (nSPS) is 13.1. The topological polar surface area (TPSA) is 49.7 Å². The zero-order valence-corrected chi connectivity index (χ0v) is 17.9. The van der Waals surface area contributed by atoms with Crippen LogP contribution in [0.1, 0.15) is 33.7 Å². The van der Waals surface area contributed by atoms with Gasteiger partial charge in [0, 0.05) is 5.92 Å². The molecule has 2 atom stereocenters. The summed E-state index contributed by atoms with van der Waals surface area (Å²) in [4.78, 5) is 0. The maximum atomic E-state index is 14.0. The van der Waals surface area contributed by atoms with E-state index in [1.165, 1.54) is 17.2 Å². The Bertz CT molecular complexity index is 1010. The van der Waals surface area contributed by atoms with Gasteiger partial charge in [-0.25, -0.2) is 4.39 Å². The lowest BCUT2D eigenvalue weighted by Gasteiger charge is -2.20. The summed E-state index contributed by atoms with van der Waals surface area (Å²) >= 11 is 6.42. The van der Waals surface area contributed by atoms with Crippen LogP contribution in [0.5, 0.6) is 5.75 Å². The third-order valence-electron chi connectivity index (χ3n) is 5.26. The van der Waals surface area contributed by atoms with Crippen LogP contribution in [0.25, 0.3) is 0 Å². The minimum atomic E-state index is -0.967. The highest BCUT2D eigenvalue weighted by Gasteiger charge is 2.18. The first kappa shape index (κ1) is 22.3. The van der Waals surface area contributed by atoms with Crippen LogP contribution in [-0.2, 0) is 6.42 Å². The summed E-state index contributed by atoms with van der Waals surface area (Å²) in [5.74, 6) is 0.0658. The highest BCUT2D eigenvalue weighted by Crippen LogP contribution is 2.34. The number of aliphatic hydroxyl groups excluding tert-OH is 2. The van der Waals surface area contributed by atoms with Gasteiger partial charge in [0.05, 0.1) is 11.6 Å². The fourth-order valence-corrected chi connectivity index (χ4v) is 3.65. The van der Waals surface area contributed by atoms with Crippen LogP contribution in [0, 0.1) is 19.7 Å². The Morgan fingerprint density at radius 1 is 0.967 bits per heavy atom. The molecule has 0 fully saturated rings. The second kappa shape index (κ2) is 10.1. The van der Waals surface area contributed by atoms with E-state index in [0.717, 1.165) is 16.7 Å². The van der Waals surface area contributed by atoms with E-state index in [-0.39, 0.29) is 24.9 Å². The smallest absolute Gasteiger partial charge is 0.138 e. The second-order valence-corrected chi connectivity index (χ2v) is 7.97. The molecule has 158 valence electrons. The Balaban J connectivity index is 1.93. The Kier molecular flexibility index (Phi) is 7.48. The van der Waals surface area contributed by atoms with Crippen molar-refractivity contribution in [2.24, 2.45) is 0 Å². The van der Waals surface area contributed by atoms with E-state index in [9.17, 15) is 9.50 Å². The first-order valence-electron chi connectivity index (χ1n) is 9.90. The average Bonchev–Trinajstić information content (AvgIpc) is 2.73. The summed E-state index contributed by atoms with van der Waals surface area (Å²) in [5.41, 5.74) is 5.42. The van der Waals surface area contributed by atoms with Gasteiger partial charge in [-0.15, -0.1) is 0 Å². The molecule has 0 aromatic heterocycles. The molecule has 3 nitrogen and oxygen atoms in total. The van der Waals surface area contributed by atoms with E-state index in [4.69, 9.17) is 21.4 Å². The van der Waals surface area contributed by atoms with Crippen molar-refractivity contribution in [1.82, 2.24) is 0 Å². The second-order valence-electron chi connectivity index (χ2n) is 7.57. The fourth-order valence-electron chi connectivity index (χ4n) is 3.41. The minimum absolute atomic E-state index is 0.0501. The predicted molar refractivity (Wildman–Crippen MR) is 118 cm³/mol. The van der Waals surface area contributed by atoms with Crippen molar-refractivity contribution in [3.05, 3.63) is 99.3 Å². The third kappa shape index (κ3) is 5.60. The lowest BCUT2D eigenvalue weighted by atomic mass is 9.85. The fraction of sp³-hybridized carbons (Fsp3) is 0.280. The number of halogens is 2. The number of aliphatic hydroxyl groups is 2. The summed E-state index contributed by atoms with van der Waals surface area (Å²) in [6.07, 6.45) is -0.268. The van der Waals surface area contributed by atoms with Crippen molar-refractivity contribution in [2.45, 2.75) is 32.3 Å². The molecule has 3 aromatic rings. The van der Waals surface area contributed by atoms with Crippen LogP contribution in [-0.4, -0.2) is 29.5 Å². The van der Waals surface area contributed by atoms with Crippen molar-refractivity contribution in [2.75, 3.05) is 13.2 Å². The number of hydrogen-bond acceptors (Lipinski definition) is 3. The first-order valence-corrected chi connectivity index (χ1v) is 10.3. The Morgan fingerprint density at radius 2 is 1.73 bits per heavy atom. The van der Waals surface area contributed by atoms with E-state index >= 15 is 0 Å².